The van der Waals surface area contributed by atoms with Crippen LogP contribution in [0.1, 0.15) is 30.9 Å². The average Bonchev–Trinajstić information content (AvgIpc) is 2.25. The molecular formula is C12H15F3O. The van der Waals surface area contributed by atoms with E-state index in [0.29, 0.717) is 12.8 Å². The van der Waals surface area contributed by atoms with E-state index in [9.17, 15) is 18.3 Å². The number of alkyl halides is 3. The molecule has 0 spiro atoms. The van der Waals surface area contributed by atoms with Gasteiger partial charge in [-0.05, 0) is 30.9 Å². The van der Waals surface area contributed by atoms with Gasteiger partial charge in [-0.2, -0.15) is 13.2 Å². The fraction of sp³-hybridized carbons (Fsp3) is 0.500. The molecule has 0 saturated heterocycles. The van der Waals surface area contributed by atoms with Crippen LogP contribution in [-0.2, 0) is 12.6 Å². The Morgan fingerprint density at radius 2 is 1.88 bits per heavy atom. The first-order valence-corrected chi connectivity index (χ1v) is 5.28. The van der Waals surface area contributed by atoms with E-state index in [0.717, 1.165) is 6.07 Å². The first kappa shape index (κ1) is 13.0. The first-order valence-electron chi connectivity index (χ1n) is 5.28. The van der Waals surface area contributed by atoms with Gasteiger partial charge < -0.3 is 5.11 Å². The lowest BCUT2D eigenvalue weighted by Crippen LogP contribution is -2.11. The van der Waals surface area contributed by atoms with Crippen LogP contribution in [0.3, 0.4) is 0 Å². The Bertz CT molecular complexity index is 333. The summed E-state index contributed by atoms with van der Waals surface area (Å²) in [6.45, 7) is 1.81. The fourth-order valence-electron chi connectivity index (χ4n) is 1.54. The van der Waals surface area contributed by atoms with Crippen LogP contribution in [0.15, 0.2) is 24.3 Å². The second-order valence-electron chi connectivity index (χ2n) is 3.76. The molecule has 90 valence electrons. The fourth-order valence-corrected chi connectivity index (χ4v) is 1.54. The van der Waals surface area contributed by atoms with Gasteiger partial charge in [0.2, 0.25) is 0 Å². The van der Waals surface area contributed by atoms with Crippen molar-refractivity contribution in [3.8, 4) is 0 Å². The molecule has 1 rings (SSSR count). The lowest BCUT2D eigenvalue weighted by atomic mass is 10.00. The van der Waals surface area contributed by atoms with Crippen LogP contribution in [0.5, 0.6) is 0 Å². The molecule has 0 fully saturated rings. The zero-order chi connectivity index (χ0) is 12.2. The van der Waals surface area contributed by atoms with Crippen LogP contribution in [0.2, 0.25) is 0 Å². The summed E-state index contributed by atoms with van der Waals surface area (Å²) in [4.78, 5) is 0. The van der Waals surface area contributed by atoms with Gasteiger partial charge in [-0.25, -0.2) is 0 Å². The summed E-state index contributed by atoms with van der Waals surface area (Å²) < 4.78 is 37.8. The van der Waals surface area contributed by atoms with Crippen molar-refractivity contribution in [3.05, 3.63) is 35.4 Å². The second-order valence-corrected chi connectivity index (χ2v) is 3.76. The lowest BCUT2D eigenvalue weighted by Gasteiger charge is -2.13. The average molecular weight is 232 g/mol. The summed E-state index contributed by atoms with van der Waals surface area (Å²) in [5.41, 5.74) is -0.346. The molecule has 4 heteroatoms. The second kappa shape index (κ2) is 5.34. The largest absolute Gasteiger partial charge is 0.416 e. The van der Waals surface area contributed by atoms with Gasteiger partial charge in [0.05, 0.1) is 11.7 Å². The van der Waals surface area contributed by atoms with E-state index in [2.05, 4.69) is 0 Å². The quantitative estimate of drug-likeness (QED) is 0.843. The molecule has 0 saturated carbocycles. The minimum atomic E-state index is -4.31. The van der Waals surface area contributed by atoms with Crippen molar-refractivity contribution in [1.29, 1.82) is 0 Å². The zero-order valence-electron chi connectivity index (χ0n) is 9.09. The standard InChI is InChI=1S/C12H15F3O/c1-2-10(16)8-7-9-5-3-4-6-11(9)12(13,14)15/h3-6,10,16H,2,7-8H2,1H3. The molecule has 1 N–H and O–H groups in total. The smallest absolute Gasteiger partial charge is 0.393 e. The van der Waals surface area contributed by atoms with Gasteiger partial charge in [0, 0.05) is 0 Å². The molecule has 0 amide bonds. The normalized spacial score (nSPS) is 13.8. The summed E-state index contributed by atoms with van der Waals surface area (Å²) in [6, 6.07) is 5.50. The number of hydrogen-bond donors (Lipinski definition) is 1. The summed E-state index contributed by atoms with van der Waals surface area (Å²) in [5.74, 6) is 0. The number of hydrogen-bond acceptors (Lipinski definition) is 1. The Morgan fingerprint density at radius 1 is 1.25 bits per heavy atom. The van der Waals surface area contributed by atoms with E-state index >= 15 is 0 Å². The molecule has 1 atom stereocenters. The molecular weight excluding hydrogens is 217 g/mol. The monoisotopic (exact) mass is 232 g/mol. The van der Waals surface area contributed by atoms with Gasteiger partial charge in [0.25, 0.3) is 0 Å². The molecule has 1 aromatic rings. The van der Waals surface area contributed by atoms with Crippen molar-refractivity contribution in [2.75, 3.05) is 0 Å². The minimum absolute atomic E-state index is 0.252. The van der Waals surface area contributed by atoms with Gasteiger partial charge in [-0.1, -0.05) is 25.1 Å². The highest BCUT2D eigenvalue weighted by Crippen LogP contribution is 2.32. The molecule has 1 unspecified atom stereocenters. The molecule has 1 aromatic carbocycles. The van der Waals surface area contributed by atoms with Crippen molar-refractivity contribution < 1.29 is 18.3 Å². The Labute approximate surface area is 92.9 Å². The first-order chi connectivity index (χ1) is 7.45. The summed E-state index contributed by atoms with van der Waals surface area (Å²) in [6.07, 6.45) is -3.66. The van der Waals surface area contributed by atoms with Crippen LogP contribution < -0.4 is 0 Å². The van der Waals surface area contributed by atoms with Crippen molar-refractivity contribution in [2.45, 2.75) is 38.5 Å². The Kier molecular flexibility index (Phi) is 4.35. The predicted molar refractivity (Wildman–Crippen MR) is 56.1 cm³/mol. The molecule has 0 aliphatic carbocycles. The van der Waals surface area contributed by atoms with Crippen LogP contribution >= 0.6 is 0 Å². The number of halogens is 3. The zero-order valence-corrected chi connectivity index (χ0v) is 9.09. The van der Waals surface area contributed by atoms with E-state index in [1.165, 1.54) is 12.1 Å². The van der Waals surface area contributed by atoms with Crippen LogP contribution in [0.4, 0.5) is 13.2 Å². The number of rotatable bonds is 4. The van der Waals surface area contributed by atoms with Gasteiger partial charge in [-0.3, -0.25) is 0 Å². The lowest BCUT2D eigenvalue weighted by molar-refractivity contribution is -0.138. The van der Waals surface area contributed by atoms with Crippen molar-refractivity contribution in [1.82, 2.24) is 0 Å². The SMILES string of the molecule is CCC(O)CCc1ccccc1C(F)(F)F. The summed E-state index contributed by atoms with van der Waals surface area (Å²) in [7, 11) is 0. The maximum atomic E-state index is 12.6. The molecule has 0 aliphatic heterocycles. The Morgan fingerprint density at radius 3 is 2.44 bits per heavy atom. The molecule has 16 heavy (non-hydrogen) atoms. The highest BCUT2D eigenvalue weighted by Gasteiger charge is 2.32. The Hall–Kier alpha value is -1.03. The van der Waals surface area contributed by atoms with E-state index in [4.69, 9.17) is 0 Å². The molecule has 1 nitrogen and oxygen atoms in total. The minimum Gasteiger partial charge on any atom is -0.393 e. The summed E-state index contributed by atoms with van der Waals surface area (Å²) >= 11 is 0. The maximum absolute atomic E-state index is 12.6. The third kappa shape index (κ3) is 3.52. The summed E-state index contributed by atoms with van der Waals surface area (Å²) in [5, 5.41) is 9.33. The van der Waals surface area contributed by atoms with E-state index in [1.807, 2.05) is 0 Å². The topological polar surface area (TPSA) is 20.2 Å². The number of aryl methyl sites for hydroxylation is 1. The molecule has 0 aliphatic rings. The van der Waals surface area contributed by atoms with Gasteiger partial charge in [-0.15, -0.1) is 0 Å². The maximum Gasteiger partial charge on any atom is 0.416 e. The highest BCUT2D eigenvalue weighted by molar-refractivity contribution is 5.29. The van der Waals surface area contributed by atoms with Crippen LogP contribution in [0.25, 0.3) is 0 Å². The number of benzene rings is 1. The number of aliphatic hydroxyl groups excluding tert-OH is 1. The molecule has 0 heterocycles. The number of aliphatic hydroxyl groups is 1. The third-order valence-corrected chi connectivity index (χ3v) is 2.54. The van der Waals surface area contributed by atoms with Gasteiger partial charge in [0.1, 0.15) is 0 Å². The van der Waals surface area contributed by atoms with E-state index in [1.54, 1.807) is 13.0 Å². The third-order valence-electron chi connectivity index (χ3n) is 2.54. The van der Waals surface area contributed by atoms with Crippen molar-refractivity contribution >= 4 is 0 Å². The predicted octanol–water partition coefficient (Wildman–Crippen LogP) is 3.41. The van der Waals surface area contributed by atoms with Gasteiger partial charge in [0.15, 0.2) is 0 Å². The van der Waals surface area contributed by atoms with E-state index < -0.39 is 17.8 Å². The van der Waals surface area contributed by atoms with E-state index in [-0.39, 0.29) is 12.0 Å². The molecule has 0 radical (unpaired) electrons. The van der Waals surface area contributed by atoms with Crippen LogP contribution in [0, 0.1) is 0 Å². The van der Waals surface area contributed by atoms with Crippen LogP contribution in [-0.4, -0.2) is 11.2 Å². The van der Waals surface area contributed by atoms with Crippen molar-refractivity contribution in [3.63, 3.8) is 0 Å². The highest BCUT2D eigenvalue weighted by atomic mass is 19.4. The molecule has 0 aromatic heterocycles. The molecule has 0 bridgehead atoms. The Balaban J connectivity index is 2.80. The van der Waals surface area contributed by atoms with Crippen molar-refractivity contribution in [2.24, 2.45) is 0 Å². The van der Waals surface area contributed by atoms with Gasteiger partial charge >= 0.3 is 6.18 Å².